The zero-order valence-electron chi connectivity index (χ0n) is 16.2. The van der Waals surface area contributed by atoms with E-state index < -0.39 is 6.04 Å². The molecule has 0 saturated carbocycles. The lowest BCUT2D eigenvalue weighted by Gasteiger charge is -2.15. The summed E-state index contributed by atoms with van der Waals surface area (Å²) in [6.07, 6.45) is 0. The Bertz CT molecular complexity index is 1030. The molecule has 3 aromatic rings. The van der Waals surface area contributed by atoms with Gasteiger partial charge in [-0.15, -0.1) is 0 Å². The predicted octanol–water partition coefficient (Wildman–Crippen LogP) is 3.82. The summed E-state index contributed by atoms with van der Waals surface area (Å²) < 4.78 is 6.65. The molecular formula is C22H23N3O3. The van der Waals surface area contributed by atoms with Gasteiger partial charge in [0.1, 0.15) is 11.8 Å². The van der Waals surface area contributed by atoms with Crippen molar-refractivity contribution in [3.05, 3.63) is 76.6 Å². The summed E-state index contributed by atoms with van der Waals surface area (Å²) in [5.74, 6) is 0.467. The largest absolute Gasteiger partial charge is 0.494 e. The van der Waals surface area contributed by atoms with Gasteiger partial charge in [-0.05, 0) is 68.8 Å². The fourth-order valence-corrected chi connectivity index (χ4v) is 2.83. The van der Waals surface area contributed by atoms with Gasteiger partial charge in [-0.2, -0.15) is 5.10 Å². The summed E-state index contributed by atoms with van der Waals surface area (Å²) >= 11 is 0. The Balaban J connectivity index is 1.84. The van der Waals surface area contributed by atoms with E-state index in [1.165, 1.54) is 10.7 Å². The third kappa shape index (κ3) is 4.46. The number of carbonyl (C=O) groups is 1. The fourth-order valence-electron chi connectivity index (χ4n) is 2.83. The highest BCUT2D eigenvalue weighted by molar-refractivity contribution is 5.93. The van der Waals surface area contributed by atoms with Crippen molar-refractivity contribution < 1.29 is 9.53 Å². The number of hydrogen-bond donors (Lipinski definition) is 1. The van der Waals surface area contributed by atoms with Gasteiger partial charge in [0, 0.05) is 17.3 Å². The van der Waals surface area contributed by atoms with E-state index in [2.05, 4.69) is 10.4 Å². The summed E-state index contributed by atoms with van der Waals surface area (Å²) in [7, 11) is 0. The smallest absolute Gasteiger partial charge is 0.267 e. The number of carbonyl (C=O) groups excluding carboxylic acids is 1. The van der Waals surface area contributed by atoms with E-state index >= 15 is 0 Å². The first-order valence-electron chi connectivity index (χ1n) is 9.18. The van der Waals surface area contributed by atoms with Crippen LogP contribution in [0.15, 0.2) is 65.5 Å². The third-order valence-corrected chi connectivity index (χ3v) is 4.32. The number of hydrogen-bond acceptors (Lipinski definition) is 4. The van der Waals surface area contributed by atoms with Crippen molar-refractivity contribution in [1.82, 2.24) is 9.78 Å². The average Bonchev–Trinajstić information content (AvgIpc) is 2.69. The maximum atomic E-state index is 12.6. The molecule has 1 N–H and O–H groups in total. The molecular weight excluding hydrogens is 354 g/mol. The van der Waals surface area contributed by atoms with Gasteiger partial charge in [0.15, 0.2) is 0 Å². The lowest BCUT2D eigenvalue weighted by atomic mass is 10.1. The first-order chi connectivity index (χ1) is 13.5. The van der Waals surface area contributed by atoms with Crippen LogP contribution < -0.4 is 15.6 Å². The molecule has 0 spiro atoms. The van der Waals surface area contributed by atoms with E-state index in [9.17, 15) is 9.59 Å². The minimum atomic E-state index is -0.754. The highest BCUT2D eigenvalue weighted by Crippen LogP contribution is 2.20. The SMILES string of the molecule is CCOc1ccc(-c2ccc(=O)n(C(C)C(=O)Nc3cccc(C)c3)n2)cc1. The number of nitrogens with one attached hydrogen (secondary N) is 1. The summed E-state index contributed by atoms with van der Waals surface area (Å²) in [5.41, 5.74) is 2.84. The molecule has 0 aliphatic heterocycles. The number of rotatable bonds is 6. The van der Waals surface area contributed by atoms with E-state index in [0.717, 1.165) is 16.9 Å². The lowest BCUT2D eigenvalue weighted by molar-refractivity contribution is -0.119. The van der Waals surface area contributed by atoms with Gasteiger partial charge in [0.2, 0.25) is 5.91 Å². The molecule has 1 amide bonds. The first kappa shape index (κ1) is 19.4. The lowest BCUT2D eigenvalue weighted by Crippen LogP contribution is -2.33. The molecule has 1 heterocycles. The molecule has 0 aliphatic rings. The van der Waals surface area contributed by atoms with Gasteiger partial charge in [0.05, 0.1) is 12.3 Å². The van der Waals surface area contributed by atoms with Crippen molar-refractivity contribution >= 4 is 11.6 Å². The molecule has 6 nitrogen and oxygen atoms in total. The fraction of sp³-hybridized carbons (Fsp3) is 0.227. The molecule has 0 saturated heterocycles. The maximum absolute atomic E-state index is 12.6. The Hall–Kier alpha value is -3.41. The monoisotopic (exact) mass is 377 g/mol. The number of benzene rings is 2. The molecule has 2 aromatic carbocycles. The molecule has 3 rings (SSSR count). The van der Waals surface area contributed by atoms with Gasteiger partial charge < -0.3 is 10.1 Å². The van der Waals surface area contributed by atoms with Gasteiger partial charge in [0.25, 0.3) is 5.56 Å². The zero-order chi connectivity index (χ0) is 20.1. The highest BCUT2D eigenvalue weighted by atomic mass is 16.5. The molecule has 0 fully saturated rings. The number of nitrogens with zero attached hydrogens (tertiary/aromatic N) is 2. The average molecular weight is 377 g/mol. The number of ether oxygens (including phenoxy) is 1. The summed E-state index contributed by atoms with van der Waals surface area (Å²) in [5, 5.41) is 7.23. The standard InChI is InChI=1S/C22H23N3O3/c1-4-28-19-10-8-17(9-11-19)20-12-13-21(26)25(24-20)16(3)22(27)23-18-7-5-6-15(2)14-18/h5-14,16H,4H2,1-3H3,(H,23,27). The second kappa shape index (κ2) is 8.52. The topological polar surface area (TPSA) is 73.2 Å². The minimum absolute atomic E-state index is 0.302. The van der Waals surface area contributed by atoms with Crippen LogP contribution in [0.3, 0.4) is 0 Å². The number of amides is 1. The van der Waals surface area contributed by atoms with Crippen molar-refractivity contribution in [3.8, 4) is 17.0 Å². The van der Waals surface area contributed by atoms with Crippen molar-refractivity contribution in [2.45, 2.75) is 26.8 Å². The third-order valence-electron chi connectivity index (χ3n) is 4.32. The molecule has 0 radical (unpaired) electrons. The van der Waals surface area contributed by atoms with Crippen LogP contribution in [0, 0.1) is 6.92 Å². The Morgan fingerprint density at radius 2 is 1.89 bits per heavy atom. The Morgan fingerprint density at radius 3 is 2.57 bits per heavy atom. The van der Waals surface area contributed by atoms with Crippen LogP contribution in [0.25, 0.3) is 11.3 Å². The Kier molecular flexibility index (Phi) is 5.89. The normalized spacial score (nSPS) is 11.7. The molecule has 0 bridgehead atoms. The van der Waals surface area contributed by atoms with E-state index in [-0.39, 0.29) is 11.5 Å². The van der Waals surface area contributed by atoms with E-state index in [4.69, 9.17) is 4.74 Å². The van der Waals surface area contributed by atoms with Crippen LogP contribution in [-0.2, 0) is 4.79 Å². The van der Waals surface area contributed by atoms with Crippen LogP contribution in [0.4, 0.5) is 5.69 Å². The van der Waals surface area contributed by atoms with Gasteiger partial charge >= 0.3 is 0 Å². The predicted molar refractivity (Wildman–Crippen MR) is 110 cm³/mol. The Labute approximate surface area is 163 Å². The van der Waals surface area contributed by atoms with Crippen molar-refractivity contribution in [2.75, 3.05) is 11.9 Å². The molecule has 0 aliphatic carbocycles. The van der Waals surface area contributed by atoms with Crippen LogP contribution >= 0.6 is 0 Å². The summed E-state index contributed by atoms with van der Waals surface area (Å²) in [4.78, 5) is 24.9. The number of aryl methyl sites for hydroxylation is 1. The van der Waals surface area contributed by atoms with Crippen LogP contribution in [0.5, 0.6) is 5.75 Å². The molecule has 6 heteroatoms. The number of aromatic nitrogens is 2. The minimum Gasteiger partial charge on any atom is -0.494 e. The second-order valence-electron chi connectivity index (χ2n) is 6.49. The van der Waals surface area contributed by atoms with Crippen LogP contribution in [-0.4, -0.2) is 22.3 Å². The van der Waals surface area contributed by atoms with E-state index in [0.29, 0.717) is 18.0 Å². The van der Waals surface area contributed by atoms with Gasteiger partial charge in [-0.25, -0.2) is 4.68 Å². The molecule has 28 heavy (non-hydrogen) atoms. The summed E-state index contributed by atoms with van der Waals surface area (Å²) in [6, 6.07) is 17.3. The van der Waals surface area contributed by atoms with Crippen molar-refractivity contribution in [1.29, 1.82) is 0 Å². The summed E-state index contributed by atoms with van der Waals surface area (Å²) in [6.45, 7) is 6.12. The quantitative estimate of drug-likeness (QED) is 0.709. The van der Waals surface area contributed by atoms with Crippen LogP contribution in [0.1, 0.15) is 25.5 Å². The zero-order valence-corrected chi connectivity index (χ0v) is 16.2. The van der Waals surface area contributed by atoms with Crippen LogP contribution in [0.2, 0.25) is 0 Å². The molecule has 144 valence electrons. The number of anilines is 1. The van der Waals surface area contributed by atoms with E-state index in [1.807, 2.05) is 62.4 Å². The first-order valence-corrected chi connectivity index (χ1v) is 9.18. The molecule has 1 atom stereocenters. The highest BCUT2D eigenvalue weighted by Gasteiger charge is 2.18. The van der Waals surface area contributed by atoms with Gasteiger partial charge in [-0.3, -0.25) is 9.59 Å². The van der Waals surface area contributed by atoms with E-state index in [1.54, 1.807) is 13.0 Å². The second-order valence-corrected chi connectivity index (χ2v) is 6.49. The Morgan fingerprint density at radius 1 is 1.14 bits per heavy atom. The van der Waals surface area contributed by atoms with Crippen molar-refractivity contribution in [2.24, 2.45) is 0 Å². The molecule has 1 unspecified atom stereocenters. The van der Waals surface area contributed by atoms with Crippen molar-refractivity contribution in [3.63, 3.8) is 0 Å². The molecule has 1 aromatic heterocycles. The maximum Gasteiger partial charge on any atom is 0.267 e. The van der Waals surface area contributed by atoms with Gasteiger partial charge in [-0.1, -0.05) is 12.1 Å².